The van der Waals surface area contributed by atoms with Gasteiger partial charge in [-0.3, -0.25) is 4.79 Å². The van der Waals surface area contributed by atoms with E-state index in [-0.39, 0.29) is 6.61 Å². The van der Waals surface area contributed by atoms with Crippen molar-refractivity contribution in [3.8, 4) is 11.5 Å². The Morgan fingerprint density at radius 1 is 0.900 bits per heavy atom. The fraction of sp³-hybridized carbons (Fsp3) is 0.133. The summed E-state index contributed by atoms with van der Waals surface area (Å²) in [6.07, 6.45) is 0.702. The summed E-state index contributed by atoms with van der Waals surface area (Å²) < 4.78 is 10.8. The molecule has 20 heavy (non-hydrogen) atoms. The number of ether oxygens (including phenoxy) is 2. The van der Waals surface area contributed by atoms with Crippen LogP contribution in [0.25, 0.3) is 0 Å². The minimum atomic E-state index is 0.0429. The molecule has 0 heterocycles. The van der Waals surface area contributed by atoms with Gasteiger partial charge in [0.1, 0.15) is 24.7 Å². The Hall–Kier alpha value is -1.71. The number of aldehydes is 1. The van der Waals surface area contributed by atoms with Crippen LogP contribution in [-0.2, 0) is 11.4 Å². The third-order valence-corrected chi connectivity index (χ3v) is 2.91. The summed E-state index contributed by atoms with van der Waals surface area (Å²) in [6, 6.07) is 12.3. The zero-order valence-electron chi connectivity index (χ0n) is 10.5. The number of carbonyl (C=O) groups excluding carboxylic acids is 1. The number of benzene rings is 2. The van der Waals surface area contributed by atoms with Crippen LogP contribution in [0.5, 0.6) is 11.5 Å². The van der Waals surface area contributed by atoms with Crippen molar-refractivity contribution in [2.45, 2.75) is 6.61 Å². The third kappa shape index (κ3) is 4.44. The molecule has 0 saturated carbocycles. The van der Waals surface area contributed by atoms with Crippen LogP contribution in [0.2, 0.25) is 10.0 Å². The van der Waals surface area contributed by atoms with Gasteiger partial charge in [-0.05, 0) is 48.0 Å². The molecule has 0 aromatic heterocycles. The quantitative estimate of drug-likeness (QED) is 0.752. The lowest BCUT2D eigenvalue weighted by atomic mass is 10.2. The van der Waals surface area contributed by atoms with Crippen molar-refractivity contribution in [1.29, 1.82) is 0 Å². The van der Waals surface area contributed by atoms with Gasteiger partial charge >= 0.3 is 0 Å². The first-order valence-electron chi connectivity index (χ1n) is 5.91. The van der Waals surface area contributed by atoms with E-state index in [1.807, 2.05) is 0 Å². The number of halogens is 2. The summed E-state index contributed by atoms with van der Waals surface area (Å²) in [4.78, 5) is 10.2. The van der Waals surface area contributed by atoms with Crippen molar-refractivity contribution in [3.63, 3.8) is 0 Å². The predicted molar refractivity (Wildman–Crippen MR) is 78.8 cm³/mol. The van der Waals surface area contributed by atoms with Crippen LogP contribution in [0.4, 0.5) is 0 Å². The van der Waals surface area contributed by atoms with Crippen molar-refractivity contribution >= 4 is 29.5 Å². The number of hydrogen-bond acceptors (Lipinski definition) is 3. The molecule has 0 N–H and O–H groups in total. The fourth-order valence-corrected chi connectivity index (χ4v) is 2.19. The number of carbonyl (C=O) groups is 1. The highest BCUT2D eigenvalue weighted by atomic mass is 35.5. The van der Waals surface area contributed by atoms with E-state index in [4.69, 9.17) is 32.7 Å². The maximum Gasteiger partial charge on any atom is 0.157 e. The first-order chi connectivity index (χ1) is 9.67. The smallest absolute Gasteiger partial charge is 0.157 e. The highest BCUT2D eigenvalue weighted by molar-refractivity contribution is 6.34. The lowest BCUT2D eigenvalue weighted by molar-refractivity contribution is -0.109. The maximum absolute atomic E-state index is 10.2. The minimum absolute atomic E-state index is 0.0429. The molecule has 0 amide bonds. The van der Waals surface area contributed by atoms with Crippen LogP contribution in [0.1, 0.15) is 5.56 Å². The van der Waals surface area contributed by atoms with Gasteiger partial charge in [-0.2, -0.15) is 0 Å². The highest BCUT2D eigenvalue weighted by Crippen LogP contribution is 2.22. The SMILES string of the molecule is O=CCOc1ccc(OCc2cc(Cl)cc(Cl)c2)cc1. The molecule has 0 aliphatic heterocycles. The van der Waals surface area contributed by atoms with Crippen LogP contribution in [0.15, 0.2) is 42.5 Å². The second kappa shape index (κ2) is 7.17. The molecule has 0 saturated heterocycles. The first kappa shape index (κ1) is 14.7. The standard InChI is InChI=1S/C15H12Cl2O3/c16-12-7-11(8-13(17)9-12)10-20-15-3-1-14(2-4-15)19-6-5-18/h1-5,7-9H,6,10H2. The summed E-state index contributed by atoms with van der Waals surface area (Å²) in [5, 5.41) is 1.16. The van der Waals surface area contributed by atoms with Gasteiger partial charge < -0.3 is 9.47 Å². The molecule has 2 rings (SSSR count). The van der Waals surface area contributed by atoms with Crippen LogP contribution < -0.4 is 9.47 Å². The van der Waals surface area contributed by atoms with Gasteiger partial charge in [0.15, 0.2) is 6.29 Å². The molecular formula is C15H12Cl2O3. The lowest BCUT2D eigenvalue weighted by Gasteiger charge is -2.08. The van der Waals surface area contributed by atoms with Gasteiger partial charge in [0, 0.05) is 10.0 Å². The molecule has 3 nitrogen and oxygen atoms in total. The molecular weight excluding hydrogens is 299 g/mol. The van der Waals surface area contributed by atoms with Gasteiger partial charge in [-0.25, -0.2) is 0 Å². The molecule has 0 aliphatic rings. The largest absolute Gasteiger partial charge is 0.489 e. The monoisotopic (exact) mass is 310 g/mol. The zero-order valence-corrected chi connectivity index (χ0v) is 12.0. The Morgan fingerprint density at radius 3 is 2.00 bits per heavy atom. The summed E-state index contributed by atoms with van der Waals surface area (Å²) in [5.74, 6) is 1.31. The number of hydrogen-bond donors (Lipinski definition) is 0. The topological polar surface area (TPSA) is 35.5 Å². The van der Waals surface area contributed by atoms with E-state index >= 15 is 0 Å². The zero-order chi connectivity index (χ0) is 14.4. The average molecular weight is 311 g/mol. The van der Waals surface area contributed by atoms with Gasteiger partial charge in [0.2, 0.25) is 0 Å². The van der Waals surface area contributed by atoms with Crippen LogP contribution >= 0.6 is 23.2 Å². The van der Waals surface area contributed by atoms with E-state index in [2.05, 4.69) is 0 Å². The normalized spacial score (nSPS) is 10.1. The molecule has 0 unspecified atom stereocenters. The van der Waals surface area contributed by atoms with E-state index in [9.17, 15) is 4.79 Å². The molecule has 0 bridgehead atoms. The van der Waals surface area contributed by atoms with Crippen LogP contribution in [0, 0.1) is 0 Å². The Balaban J connectivity index is 1.94. The van der Waals surface area contributed by atoms with E-state index < -0.39 is 0 Å². The average Bonchev–Trinajstić information content (AvgIpc) is 2.43. The van der Waals surface area contributed by atoms with Gasteiger partial charge in [-0.1, -0.05) is 23.2 Å². The Morgan fingerprint density at radius 2 is 1.45 bits per heavy atom. The highest BCUT2D eigenvalue weighted by Gasteiger charge is 2.01. The second-order valence-corrected chi connectivity index (χ2v) is 4.89. The molecule has 2 aromatic carbocycles. The van der Waals surface area contributed by atoms with E-state index in [1.165, 1.54) is 0 Å². The van der Waals surface area contributed by atoms with Crippen molar-refractivity contribution in [2.75, 3.05) is 6.61 Å². The molecule has 0 spiro atoms. The molecule has 0 fully saturated rings. The van der Waals surface area contributed by atoms with E-state index in [0.717, 1.165) is 5.56 Å². The first-order valence-corrected chi connectivity index (χ1v) is 6.67. The van der Waals surface area contributed by atoms with Crippen molar-refractivity contribution < 1.29 is 14.3 Å². The van der Waals surface area contributed by atoms with Crippen molar-refractivity contribution in [2.24, 2.45) is 0 Å². The van der Waals surface area contributed by atoms with Crippen LogP contribution in [0.3, 0.4) is 0 Å². The van der Waals surface area contributed by atoms with Crippen molar-refractivity contribution in [1.82, 2.24) is 0 Å². The summed E-state index contributed by atoms with van der Waals surface area (Å²) >= 11 is 11.8. The van der Waals surface area contributed by atoms with Gasteiger partial charge in [0.05, 0.1) is 0 Å². The molecule has 104 valence electrons. The fourth-order valence-electron chi connectivity index (χ4n) is 1.62. The molecule has 5 heteroatoms. The van der Waals surface area contributed by atoms with Gasteiger partial charge in [0.25, 0.3) is 0 Å². The summed E-state index contributed by atoms with van der Waals surface area (Å²) in [7, 11) is 0. The maximum atomic E-state index is 10.2. The van der Waals surface area contributed by atoms with Gasteiger partial charge in [-0.15, -0.1) is 0 Å². The van der Waals surface area contributed by atoms with E-state index in [1.54, 1.807) is 42.5 Å². The van der Waals surface area contributed by atoms with Crippen LogP contribution in [-0.4, -0.2) is 12.9 Å². The molecule has 0 aliphatic carbocycles. The Bertz CT molecular complexity index is 562. The Kier molecular flexibility index (Phi) is 5.27. The third-order valence-electron chi connectivity index (χ3n) is 2.47. The molecule has 2 aromatic rings. The minimum Gasteiger partial charge on any atom is -0.489 e. The molecule has 0 radical (unpaired) electrons. The lowest BCUT2D eigenvalue weighted by Crippen LogP contribution is -1.98. The summed E-state index contributed by atoms with van der Waals surface area (Å²) in [5.41, 5.74) is 0.892. The molecule has 0 atom stereocenters. The number of rotatable bonds is 6. The van der Waals surface area contributed by atoms with Crippen molar-refractivity contribution in [3.05, 3.63) is 58.1 Å². The van der Waals surface area contributed by atoms with E-state index in [0.29, 0.717) is 34.4 Å². The predicted octanol–water partition coefficient (Wildman–Crippen LogP) is 4.15. The summed E-state index contributed by atoms with van der Waals surface area (Å²) in [6.45, 7) is 0.413. The Labute approximate surface area is 127 Å². The second-order valence-electron chi connectivity index (χ2n) is 4.02.